The second-order valence-electron chi connectivity index (χ2n) is 5.99. The predicted molar refractivity (Wildman–Crippen MR) is 85.3 cm³/mol. The lowest BCUT2D eigenvalue weighted by Gasteiger charge is -2.32. The lowest BCUT2D eigenvalue weighted by molar-refractivity contribution is 0.0539. The molecule has 2 heterocycles. The first-order chi connectivity index (χ1) is 10.8. The van der Waals surface area contributed by atoms with Gasteiger partial charge < -0.3 is 10.1 Å². The summed E-state index contributed by atoms with van der Waals surface area (Å²) in [5.41, 5.74) is 1.29. The minimum absolute atomic E-state index is 0.237. The van der Waals surface area contributed by atoms with Crippen LogP contribution in [-0.2, 0) is 11.3 Å². The highest BCUT2D eigenvalue weighted by molar-refractivity contribution is 5.19. The molecule has 0 aliphatic carbocycles. The molecule has 0 unspecified atom stereocenters. The van der Waals surface area contributed by atoms with Crippen LogP contribution in [0.5, 0.6) is 0 Å². The van der Waals surface area contributed by atoms with E-state index in [1.807, 2.05) is 4.68 Å². The number of benzene rings is 1. The van der Waals surface area contributed by atoms with Crippen LogP contribution in [0.25, 0.3) is 0 Å². The Balaban J connectivity index is 1.70. The molecule has 118 valence electrons. The van der Waals surface area contributed by atoms with Crippen LogP contribution >= 0.6 is 0 Å². The first kappa shape index (κ1) is 15.2. The smallest absolute Gasteiger partial charge is 0.137 e. The molecule has 2 atom stereocenters. The summed E-state index contributed by atoms with van der Waals surface area (Å²) in [7, 11) is 0. The van der Waals surface area contributed by atoms with Crippen LogP contribution in [0.1, 0.15) is 31.4 Å². The number of ether oxygens (including phenoxy) is 1. The molecule has 1 aromatic heterocycles. The Morgan fingerprint density at radius 2 is 2.05 bits per heavy atom. The van der Waals surface area contributed by atoms with Crippen LogP contribution < -0.4 is 5.32 Å². The highest BCUT2D eigenvalue weighted by Gasteiger charge is 2.23. The van der Waals surface area contributed by atoms with Crippen LogP contribution in [0.15, 0.2) is 43.0 Å². The molecule has 5 heteroatoms. The van der Waals surface area contributed by atoms with Crippen molar-refractivity contribution in [3.05, 3.63) is 48.5 Å². The van der Waals surface area contributed by atoms with Gasteiger partial charge in [-0.25, -0.2) is 4.98 Å². The molecule has 0 amide bonds. The summed E-state index contributed by atoms with van der Waals surface area (Å²) in [5.74, 6) is 0.677. The summed E-state index contributed by atoms with van der Waals surface area (Å²) in [6.45, 7) is 4.84. The summed E-state index contributed by atoms with van der Waals surface area (Å²) >= 11 is 0. The molecule has 1 saturated heterocycles. The van der Waals surface area contributed by atoms with E-state index in [-0.39, 0.29) is 6.04 Å². The van der Waals surface area contributed by atoms with Crippen molar-refractivity contribution in [2.45, 2.75) is 38.4 Å². The molecule has 1 aromatic carbocycles. The molecule has 0 saturated carbocycles. The fourth-order valence-corrected chi connectivity index (χ4v) is 3.12. The number of aromatic nitrogens is 3. The van der Waals surface area contributed by atoms with E-state index in [2.05, 4.69) is 52.7 Å². The topological polar surface area (TPSA) is 52.0 Å². The summed E-state index contributed by atoms with van der Waals surface area (Å²) in [6.07, 6.45) is 5.64. The summed E-state index contributed by atoms with van der Waals surface area (Å²) in [4.78, 5) is 4.05. The first-order valence-corrected chi connectivity index (χ1v) is 8.04. The molecule has 22 heavy (non-hydrogen) atoms. The lowest BCUT2D eigenvalue weighted by Crippen LogP contribution is -2.40. The molecule has 2 aromatic rings. The molecule has 0 radical (unpaired) electrons. The van der Waals surface area contributed by atoms with Gasteiger partial charge in [-0.1, -0.05) is 30.3 Å². The summed E-state index contributed by atoms with van der Waals surface area (Å²) in [6, 6.07) is 11.3. The molecule has 1 aliphatic heterocycles. The Hall–Kier alpha value is -1.72. The number of nitrogens with one attached hydrogen (secondary N) is 1. The van der Waals surface area contributed by atoms with Crippen LogP contribution in [0.3, 0.4) is 0 Å². The first-order valence-electron chi connectivity index (χ1n) is 8.04. The standard InChI is InChI=1S/C17H24N4O/c1-14(15-7-9-22-10-8-15)20-17(11-21-13-18-12-19-21)16-5-3-2-4-6-16/h2-6,12-15,17,20H,7-11H2,1H3/t14-,17-/m1/s1. The summed E-state index contributed by atoms with van der Waals surface area (Å²) in [5, 5.41) is 8.04. The van der Waals surface area contributed by atoms with Crippen molar-refractivity contribution in [1.82, 2.24) is 20.1 Å². The Kier molecular flexibility index (Phi) is 5.19. The number of nitrogens with zero attached hydrogens (tertiary/aromatic N) is 3. The highest BCUT2D eigenvalue weighted by Crippen LogP contribution is 2.22. The van der Waals surface area contributed by atoms with Crippen molar-refractivity contribution in [2.24, 2.45) is 5.92 Å². The maximum atomic E-state index is 5.47. The fourth-order valence-electron chi connectivity index (χ4n) is 3.12. The van der Waals surface area contributed by atoms with Crippen LogP contribution in [-0.4, -0.2) is 34.0 Å². The van der Waals surface area contributed by atoms with Gasteiger partial charge in [0.15, 0.2) is 0 Å². The zero-order valence-electron chi connectivity index (χ0n) is 13.1. The Morgan fingerprint density at radius 3 is 2.73 bits per heavy atom. The molecule has 0 spiro atoms. The molecule has 0 bridgehead atoms. The van der Waals surface area contributed by atoms with Gasteiger partial charge in [0.1, 0.15) is 12.7 Å². The molecule has 1 fully saturated rings. The Labute approximate surface area is 131 Å². The van der Waals surface area contributed by atoms with E-state index in [9.17, 15) is 0 Å². The third kappa shape index (κ3) is 3.93. The number of hydrogen-bond donors (Lipinski definition) is 1. The molecule has 1 aliphatic rings. The SMILES string of the molecule is C[C@@H](N[C@H](Cn1cncn1)c1ccccc1)C1CCOCC1. The quantitative estimate of drug-likeness (QED) is 0.890. The van der Waals surface area contributed by atoms with Gasteiger partial charge in [-0.05, 0) is 31.2 Å². The van der Waals surface area contributed by atoms with Gasteiger partial charge in [0.2, 0.25) is 0 Å². The van der Waals surface area contributed by atoms with Crippen molar-refractivity contribution >= 4 is 0 Å². The number of rotatable bonds is 6. The van der Waals surface area contributed by atoms with Gasteiger partial charge in [-0.15, -0.1) is 0 Å². The zero-order valence-corrected chi connectivity index (χ0v) is 13.1. The maximum Gasteiger partial charge on any atom is 0.137 e. The second kappa shape index (κ2) is 7.51. The van der Waals surface area contributed by atoms with E-state index in [0.717, 1.165) is 32.6 Å². The van der Waals surface area contributed by atoms with E-state index in [1.54, 1.807) is 12.7 Å². The van der Waals surface area contributed by atoms with Crippen molar-refractivity contribution in [2.75, 3.05) is 13.2 Å². The average Bonchev–Trinajstić information content (AvgIpc) is 3.09. The summed E-state index contributed by atoms with van der Waals surface area (Å²) < 4.78 is 7.36. The van der Waals surface area contributed by atoms with Gasteiger partial charge in [-0.2, -0.15) is 5.10 Å². The van der Waals surface area contributed by atoms with Crippen molar-refractivity contribution in [3.63, 3.8) is 0 Å². The van der Waals surface area contributed by atoms with Crippen molar-refractivity contribution in [1.29, 1.82) is 0 Å². The molecular formula is C17H24N4O. The van der Waals surface area contributed by atoms with Gasteiger partial charge in [-0.3, -0.25) is 4.68 Å². The van der Waals surface area contributed by atoms with E-state index >= 15 is 0 Å². The van der Waals surface area contributed by atoms with E-state index in [1.165, 1.54) is 5.56 Å². The molecular weight excluding hydrogens is 276 g/mol. The van der Waals surface area contributed by atoms with Crippen molar-refractivity contribution < 1.29 is 4.74 Å². The van der Waals surface area contributed by atoms with Gasteiger partial charge in [0, 0.05) is 19.3 Å². The van der Waals surface area contributed by atoms with E-state index in [4.69, 9.17) is 4.74 Å². The molecule has 3 rings (SSSR count). The minimum Gasteiger partial charge on any atom is -0.381 e. The minimum atomic E-state index is 0.237. The van der Waals surface area contributed by atoms with E-state index in [0.29, 0.717) is 12.0 Å². The van der Waals surface area contributed by atoms with Crippen LogP contribution in [0.4, 0.5) is 0 Å². The van der Waals surface area contributed by atoms with Gasteiger partial charge in [0.05, 0.1) is 12.6 Å². The Morgan fingerprint density at radius 1 is 1.27 bits per heavy atom. The lowest BCUT2D eigenvalue weighted by atomic mass is 9.91. The number of hydrogen-bond acceptors (Lipinski definition) is 4. The largest absolute Gasteiger partial charge is 0.381 e. The van der Waals surface area contributed by atoms with Crippen LogP contribution in [0.2, 0.25) is 0 Å². The second-order valence-corrected chi connectivity index (χ2v) is 5.99. The predicted octanol–water partition coefficient (Wildman–Crippen LogP) is 2.42. The zero-order chi connectivity index (χ0) is 15.2. The van der Waals surface area contributed by atoms with Crippen molar-refractivity contribution in [3.8, 4) is 0 Å². The normalized spacial score (nSPS) is 19.0. The van der Waals surface area contributed by atoms with Gasteiger partial charge >= 0.3 is 0 Å². The average molecular weight is 300 g/mol. The third-order valence-electron chi connectivity index (χ3n) is 4.48. The van der Waals surface area contributed by atoms with E-state index < -0.39 is 0 Å². The maximum absolute atomic E-state index is 5.47. The van der Waals surface area contributed by atoms with Crippen LogP contribution in [0, 0.1) is 5.92 Å². The Bertz CT molecular complexity index is 537. The fraction of sp³-hybridized carbons (Fsp3) is 0.529. The van der Waals surface area contributed by atoms with Gasteiger partial charge in [0.25, 0.3) is 0 Å². The molecule has 1 N–H and O–H groups in total. The highest BCUT2D eigenvalue weighted by atomic mass is 16.5. The monoisotopic (exact) mass is 300 g/mol. The third-order valence-corrected chi connectivity index (χ3v) is 4.48. The molecule has 5 nitrogen and oxygen atoms in total.